The molecule has 1 aliphatic rings. The van der Waals surface area contributed by atoms with Gasteiger partial charge in [-0.05, 0) is 30.1 Å². The quantitative estimate of drug-likeness (QED) is 0.474. The van der Waals surface area contributed by atoms with Crippen molar-refractivity contribution in [3.8, 4) is 0 Å². The molecule has 0 bridgehead atoms. The number of rotatable bonds is 0. The van der Waals surface area contributed by atoms with Crippen molar-refractivity contribution in [3.63, 3.8) is 0 Å². The third kappa shape index (κ3) is 3.00. The maximum Gasteiger partial charge on any atom is -0.0328 e. The van der Waals surface area contributed by atoms with E-state index in [-0.39, 0.29) is 0 Å². The summed E-state index contributed by atoms with van der Waals surface area (Å²) in [6.45, 7) is 15.6. The van der Waals surface area contributed by atoms with Gasteiger partial charge < -0.3 is 0 Å². The topological polar surface area (TPSA) is 0 Å². The molecule has 0 saturated heterocycles. The van der Waals surface area contributed by atoms with Gasteiger partial charge in [-0.25, -0.2) is 0 Å². The third-order valence-electron chi connectivity index (χ3n) is 3.37. The molecule has 1 rings (SSSR count). The largest absolute Gasteiger partial charge is 0.106 e. The van der Waals surface area contributed by atoms with Crippen molar-refractivity contribution in [1.29, 1.82) is 0 Å². The molecule has 1 fully saturated rings. The molecule has 0 amide bonds. The van der Waals surface area contributed by atoms with Crippen LogP contribution in [0.4, 0.5) is 0 Å². The van der Waals surface area contributed by atoms with E-state index in [9.17, 15) is 0 Å². The van der Waals surface area contributed by atoms with E-state index in [0.717, 1.165) is 11.8 Å². The Balaban J connectivity index is 0.000000561. The molecule has 0 spiro atoms. The smallest absolute Gasteiger partial charge is 0.0328 e. The minimum absolute atomic E-state index is 0.618. The summed E-state index contributed by atoms with van der Waals surface area (Å²) in [5, 5.41) is 0. The maximum atomic E-state index is 3.00. The Labute approximate surface area is 78.1 Å². The van der Waals surface area contributed by atoms with Crippen molar-refractivity contribution >= 4 is 0 Å². The van der Waals surface area contributed by atoms with Crippen LogP contribution in [0.15, 0.2) is 13.2 Å². The summed E-state index contributed by atoms with van der Waals surface area (Å²) < 4.78 is 0. The molecular weight excluding hydrogens is 144 g/mol. The normalized spacial score (nSPS) is 33.3. The van der Waals surface area contributed by atoms with E-state index in [1.807, 2.05) is 0 Å². The highest BCUT2D eigenvalue weighted by atomic mass is 14.4. The maximum absolute atomic E-state index is 3.00. The van der Waals surface area contributed by atoms with Crippen molar-refractivity contribution in [1.82, 2.24) is 0 Å². The van der Waals surface area contributed by atoms with E-state index >= 15 is 0 Å². The molecule has 0 heterocycles. The van der Waals surface area contributed by atoms with E-state index in [1.165, 1.54) is 19.3 Å². The summed E-state index contributed by atoms with van der Waals surface area (Å²) in [5.41, 5.74) is 0.618. The fraction of sp³-hybridized carbons (Fsp3) is 0.833. The lowest BCUT2D eigenvalue weighted by molar-refractivity contribution is 0.119. The highest BCUT2D eigenvalue weighted by molar-refractivity contribution is 4.82. The third-order valence-corrected chi connectivity index (χ3v) is 3.37. The second-order valence-electron chi connectivity index (χ2n) is 4.77. The van der Waals surface area contributed by atoms with Gasteiger partial charge in [-0.3, -0.25) is 0 Å². The summed E-state index contributed by atoms with van der Waals surface area (Å²) >= 11 is 0. The number of hydrogen-bond acceptors (Lipinski definition) is 0. The Hall–Kier alpha value is -0.260. The van der Waals surface area contributed by atoms with Crippen molar-refractivity contribution in [2.45, 2.75) is 47.0 Å². The zero-order chi connectivity index (χ0) is 9.78. The second kappa shape index (κ2) is 4.69. The predicted molar refractivity (Wildman–Crippen MR) is 57.2 cm³/mol. The molecule has 0 heteroatoms. The Morgan fingerprint density at radius 3 is 2.00 bits per heavy atom. The van der Waals surface area contributed by atoms with Gasteiger partial charge in [0.15, 0.2) is 0 Å². The van der Waals surface area contributed by atoms with E-state index in [4.69, 9.17) is 0 Å². The molecule has 0 aromatic heterocycles. The summed E-state index contributed by atoms with van der Waals surface area (Å²) in [6, 6.07) is 0. The van der Waals surface area contributed by atoms with Crippen molar-refractivity contribution < 1.29 is 0 Å². The van der Waals surface area contributed by atoms with Crippen molar-refractivity contribution in [2.75, 3.05) is 0 Å². The Morgan fingerprint density at radius 2 is 1.67 bits per heavy atom. The van der Waals surface area contributed by atoms with Crippen molar-refractivity contribution in [2.24, 2.45) is 17.3 Å². The first-order chi connectivity index (χ1) is 5.52. The second-order valence-corrected chi connectivity index (χ2v) is 4.77. The summed E-state index contributed by atoms with van der Waals surface area (Å²) in [4.78, 5) is 0. The summed E-state index contributed by atoms with van der Waals surface area (Å²) in [6.07, 6.45) is 4.31. The molecule has 0 nitrogen and oxygen atoms in total. The van der Waals surface area contributed by atoms with Gasteiger partial charge in [-0.15, -0.1) is 13.2 Å². The van der Waals surface area contributed by atoms with Crippen LogP contribution in [0.2, 0.25) is 0 Å². The monoisotopic (exact) mass is 168 g/mol. The minimum atomic E-state index is 0.618. The van der Waals surface area contributed by atoms with Crippen LogP contribution in [0.3, 0.4) is 0 Å². The molecule has 72 valence electrons. The first-order valence-electron chi connectivity index (χ1n) is 5.02. The molecule has 0 N–H and O–H groups in total. The first-order valence-corrected chi connectivity index (χ1v) is 5.02. The predicted octanol–water partition coefficient (Wildman–Crippen LogP) is 4.27. The Kier molecular flexibility index (Phi) is 4.59. The average molecular weight is 168 g/mol. The minimum Gasteiger partial charge on any atom is -0.106 e. The van der Waals surface area contributed by atoms with Gasteiger partial charge in [-0.1, -0.05) is 34.1 Å². The van der Waals surface area contributed by atoms with Gasteiger partial charge >= 0.3 is 0 Å². The first kappa shape index (κ1) is 11.7. The van der Waals surface area contributed by atoms with Gasteiger partial charge in [0.05, 0.1) is 0 Å². The van der Waals surface area contributed by atoms with Crippen LogP contribution in [0.5, 0.6) is 0 Å². The fourth-order valence-electron chi connectivity index (χ4n) is 1.91. The molecule has 0 aromatic rings. The van der Waals surface area contributed by atoms with Crippen LogP contribution in [0, 0.1) is 17.3 Å². The van der Waals surface area contributed by atoms with Gasteiger partial charge in [0.25, 0.3) is 0 Å². The molecule has 0 radical (unpaired) electrons. The molecule has 0 aliphatic heterocycles. The van der Waals surface area contributed by atoms with E-state index in [0.29, 0.717) is 5.41 Å². The van der Waals surface area contributed by atoms with Gasteiger partial charge in [0.1, 0.15) is 0 Å². The van der Waals surface area contributed by atoms with Crippen LogP contribution in [-0.2, 0) is 0 Å². The average Bonchev–Trinajstić information content (AvgIpc) is 2.03. The molecule has 0 unspecified atom stereocenters. The summed E-state index contributed by atoms with van der Waals surface area (Å²) in [5.74, 6) is 1.90. The molecule has 1 saturated carbocycles. The lowest BCUT2D eigenvalue weighted by atomic mass is 9.67. The SMILES string of the molecule is C=C.C[C@H]1CCC(C)(C)[C@H](C)C1. The zero-order valence-corrected chi connectivity index (χ0v) is 9.19. The zero-order valence-electron chi connectivity index (χ0n) is 9.19. The van der Waals surface area contributed by atoms with E-state index in [2.05, 4.69) is 40.9 Å². The van der Waals surface area contributed by atoms with Crippen LogP contribution in [-0.4, -0.2) is 0 Å². The number of hydrogen-bond donors (Lipinski definition) is 0. The molecule has 12 heavy (non-hydrogen) atoms. The molecule has 2 atom stereocenters. The fourth-order valence-corrected chi connectivity index (χ4v) is 1.91. The van der Waals surface area contributed by atoms with Gasteiger partial charge in [0, 0.05) is 0 Å². The van der Waals surface area contributed by atoms with Gasteiger partial charge in [-0.2, -0.15) is 0 Å². The van der Waals surface area contributed by atoms with Crippen LogP contribution >= 0.6 is 0 Å². The molecule has 0 aromatic carbocycles. The standard InChI is InChI=1S/C10H20.C2H4/c1-8-5-6-10(3,4)9(2)7-8;1-2/h8-9H,5-7H2,1-4H3;1-2H2/t8-,9+;/m0./s1. The lowest BCUT2D eigenvalue weighted by Gasteiger charge is -2.39. The molecular formula is C12H24. The Bertz CT molecular complexity index is 124. The van der Waals surface area contributed by atoms with Crippen LogP contribution in [0.25, 0.3) is 0 Å². The van der Waals surface area contributed by atoms with E-state index < -0.39 is 0 Å². The van der Waals surface area contributed by atoms with Crippen LogP contribution < -0.4 is 0 Å². The Morgan fingerprint density at radius 1 is 1.17 bits per heavy atom. The highest BCUT2D eigenvalue weighted by Crippen LogP contribution is 2.42. The van der Waals surface area contributed by atoms with Gasteiger partial charge in [0.2, 0.25) is 0 Å². The van der Waals surface area contributed by atoms with E-state index in [1.54, 1.807) is 0 Å². The van der Waals surface area contributed by atoms with Crippen LogP contribution in [0.1, 0.15) is 47.0 Å². The lowest BCUT2D eigenvalue weighted by Crippen LogP contribution is -2.28. The summed E-state index contributed by atoms with van der Waals surface area (Å²) in [7, 11) is 0. The highest BCUT2D eigenvalue weighted by Gasteiger charge is 2.31. The van der Waals surface area contributed by atoms with Crippen molar-refractivity contribution in [3.05, 3.63) is 13.2 Å². The molecule has 1 aliphatic carbocycles.